The summed E-state index contributed by atoms with van der Waals surface area (Å²) < 4.78 is 37.4. The number of amides is 2. The second kappa shape index (κ2) is 6.24. The van der Waals surface area contributed by atoms with Crippen LogP contribution in [-0.2, 0) is 9.59 Å². The number of piperidine rings is 1. The number of rotatable bonds is 3. The lowest BCUT2D eigenvalue weighted by Gasteiger charge is -2.34. The Morgan fingerprint density at radius 2 is 1.91 bits per heavy atom. The molecule has 4 nitrogen and oxygen atoms in total. The zero-order valence-corrected chi connectivity index (χ0v) is 13.2. The van der Waals surface area contributed by atoms with Gasteiger partial charge in [-0.25, -0.2) is 0 Å². The maximum Gasteiger partial charge on any atom is 0.406 e. The molecule has 3 rings (SSSR count). The van der Waals surface area contributed by atoms with E-state index in [-0.39, 0.29) is 6.42 Å². The topological polar surface area (TPSA) is 40.6 Å². The summed E-state index contributed by atoms with van der Waals surface area (Å²) in [6.45, 7) is -0.222. The van der Waals surface area contributed by atoms with Crippen LogP contribution in [0.4, 0.5) is 13.2 Å². The Bertz CT molecular complexity index is 580. The average molecular weight is 346 g/mol. The lowest BCUT2D eigenvalue weighted by Crippen LogP contribution is -2.47. The third-order valence-electron chi connectivity index (χ3n) is 4.54. The fourth-order valence-electron chi connectivity index (χ4n) is 3.35. The molecule has 2 aliphatic heterocycles. The normalized spacial score (nSPS) is 24.7. The maximum atomic E-state index is 12.5. The van der Waals surface area contributed by atoms with Crippen molar-refractivity contribution in [2.75, 3.05) is 19.6 Å². The van der Waals surface area contributed by atoms with E-state index in [2.05, 4.69) is 11.4 Å². The summed E-state index contributed by atoms with van der Waals surface area (Å²) >= 11 is 1.64. The van der Waals surface area contributed by atoms with E-state index in [9.17, 15) is 22.8 Å². The van der Waals surface area contributed by atoms with Gasteiger partial charge in [-0.2, -0.15) is 24.5 Å². The van der Waals surface area contributed by atoms with Crippen LogP contribution in [0, 0.1) is 0 Å². The molecule has 2 fully saturated rings. The van der Waals surface area contributed by atoms with Crippen LogP contribution in [0.3, 0.4) is 0 Å². The fraction of sp³-hybridized carbons (Fsp3) is 0.600. The summed E-state index contributed by atoms with van der Waals surface area (Å²) in [7, 11) is 0. The van der Waals surface area contributed by atoms with Crippen molar-refractivity contribution in [3.05, 3.63) is 22.4 Å². The first-order valence-corrected chi connectivity index (χ1v) is 8.46. The van der Waals surface area contributed by atoms with Gasteiger partial charge in [-0.15, -0.1) is 0 Å². The molecular formula is C15H17F3N2O2S. The lowest BCUT2D eigenvalue weighted by molar-refractivity contribution is -0.166. The summed E-state index contributed by atoms with van der Waals surface area (Å²) in [6, 6.07) is 1.36. The Labute approximate surface area is 135 Å². The Hall–Kier alpha value is -1.41. The van der Waals surface area contributed by atoms with Crippen LogP contribution in [0.2, 0.25) is 0 Å². The number of carbonyl (C=O) groups is 2. The quantitative estimate of drug-likeness (QED) is 0.790. The number of imide groups is 1. The van der Waals surface area contributed by atoms with E-state index in [1.165, 1.54) is 5.56 Å². The van der Waals surface area contributed by atoms with Gasteiger partial charge in [0.05, 0.1) is 12.5 Å². The Morgan fingerprint density at radius 3 is 2.48 bits per heavy atom. The molecule has 1 aromatic heterocycles. The minimum Gasteiger partial charge on any atom is -0.291 e. The Morgan fingerprint density at radius 1 is 1.22 bits per heavy atom. The highest BCUT2D eigenvalue weighted by Crippen LogP contribution is 2.32. The lowest BCUT2D eigenvalue weighted by atomic mass is 9.90. The molecule has 8 heteroatoms. The van der Waals surface area contributed by atoms with E-state index >= 15 is 0 Å². The van der Waals surface area contributed by atoms with Crippen molar-refractivity contribution in [3.8, 4) is 0 Å². The van der Waals surface area contributed by atoms with E-state index < -0.39 is 30.6 Å². The molecular weight excluding hydrogens is 329 g/mol. The number of nitrogens with zero attached hydrogens (tertiary/aromatic N) is 2. The molecule has 0 spiro atoms. The highest BCUT2D eigenvalue weighted by Gasteiger charge is 2.46. The van der Waals surface area contributed by atoms with E-state index in [0.29, 0.717) is 23.9 Å². The number of halogens is 3. The summed E-state index contributed by atoms with van der Waals surface area (Å²) in [5.41, 5.74) is 1.28. The monoisotopic (exact) mass is 346 g/mol. The molecule has 2 saturated heterocycles. The smallest absolute Gasteiger partial charge is 0.291 e. The van der Waals surface area contributed by atoms with Gasteiger partial charge in [0.1, 0.15) is 6.54 Å². The highest BCUT2D eigenvalue weighted by atomic mass is 32.1. The molecule has 1 aromatic rings. The molecule has 0 unspecified atom stereocenters. The van der Waals surface area contributed by atoms with E-state index in [1.54, 1.807) is 11.3 Å². The van der Waals surface area contributed by atoms with Crippen molar-refractivity contribution in [3.63, 3.8) is 0 Å². The van der Waals surface area contributed by atoms with Crippen molar-refractivity contribution in [2.24, 2.45) is 0 Å². The summed E-state index contributed by atoms with van der Waals surface area (Å²) in [5, 5.41) is 4.13. The first-order valence-electron chi connectivity index (χ1n) is 7.52. The predicted octanol–water partition coefficient (Wildman–Crippen LogP) is 2.62. The van der Waals surface area contributed by atoms with Gasteiger partial charge in [-0.05, 0) is 54.2 Å². The van der Waals surface area contributed by atoms with Crippen molar-refractivity contribution >= 4 is 23.2 Å². The molecule has 2 aliphatic rings. The van der Waals surface area contributed by atoms with Crippen molar-refractivity contribution < 1.29 is 22.8 Å². The summed E-state index contributed by atoms with van der Waals surface area (Å²) in [4.78, 5) is 26.1. The van der Waals surface area contributed by atoms with Crippen LogP contribution >= 0.6 is 11.3 Å². The second-order valence-corrected chi connectivity index (χ2v) is 6.80. The highest BCUT2D eigenvalue weighted by molar-refractivity contribution is 7.07. The number of alkyl halides is 3. The third kappa shape index (κ3) is 3.58. The number of thiophene rings is 1. The molecule has 0 aliphatic carbocycles. The molecule has 0 radical (unpaired) electrons. The van der Waals surface area contributed by atoms with Gasteiger partial charge in [0, 0.05) is 0 Å². The minimum absolute atomic E-state index is 0.141. The number of hydrogen-bond donors (Lipinski definition) is 0. The maximum absolute atomic E-state index is 12.5. The van der Waals surface area contributed by atoms with Crippen molar-refractivity contribution in [1.29, 1.82) is 0 Å². The van der Waals surface area contributed by atoms with Gasteiger partial charge in [0.15, 0.2) is 0 Å². The fourth-order valence-corrected chi connectivity index (χ4v) is 4.09. The van der Waals surface area contributed by atoms with Crippen molar-refractivity contribution in [1.82, 2.24) is 9.80 Å². The standard InChI is InChI=1S/C15H17F3N2O2S/c16-15(17,18)9-20-13(21)7-12(14(20)22)19-4-1-10(2-5-19)11-3-6-23-8-11/h3,6,8,10,12H,1-2,4-5,7,9H2/t12-/m1/s1. The first-order chi connectivity index (χ1) is 10.8. The average Bonchev–Trinajstić information content (AvgIpc) is 3.10. The molecule has 0 N–H and O–H groups in total. The Kier molecular flexibility index (Phi) is 4.46. The predicted molar refractivity (Wildman–Crippen MR) is 79.0 cm³/mol. The zero-order chi connectivity index (χ0) is 16.6. The zero-order valence-electron chi connectivity index (χ0n) is 12.4. The number of hydrogen-bond acceptors (Lipinski definition) is 4. The van der Waals surface area contributed by atoms with Gasteiger partial charge in [0.25, 0.3) is 0 Å². The SMILES string of the molecule is O=C1C[C@@H](N2CCC(c3ccsc3)CC2)C(=O)N1CC(F)(F)F. The van der Waals surface area contributed by atoms with Crippen LogP contribution < -0.4 is 0 Å². The van der Waals surface area contributed by atoms with E-state index in [0.717, 1.165) is 12.8 Å². The van der Waals surface area contributed by atoms with Gasteiger partial charge in [-0.3, -0.25) is 19.4 Å². The van der Waals surface area contributed by atoms with Gasteiger partial charge in [-0.1, -0.05) is 0 Å². The summed E-state index contributed by atoms with van der Waals surface area (Å²) in [5.74, 6) is -1.01. The molecule has 0 aromatic carbocycles. The number of likely N-dealkylation sites (tertiary alicyclic amines) is 2. The molecule has 126 valence electrons. The molecule has 0 bridgehead atoms. The van der Waals surface area contributed by atoms with Gasteiger partial charge in [0.2, 0.25) is 11.8 Å². The molecule has 0 saturated carbocycles. The third-order valence-corrected chi connectivity index (χ3v) is 5.24. The minimum atomic E-state index is -4.55. The second-order valence-electron chi connectivity index (χ2n) is 6.02. The van der Waals surface area contributed by atoms with Crippen molar-refractivity contribution in [2.45, 2.75) is 37.4 Å². The molecule has 1 atom stereocenters. The van der Waals surface area contributed by atoms with Crippen LogP contribution in [0.25, 0.3) is 0 Å². The van der Waals surface area contributed by atoms with E-state index in [1.807, 2.05) is 10.3 Å². The Balaban J connectivity index is 1.61. The van der Waals surface area contributed by atoms with Crippen LogP contribution in [0.5, 0.6) is 0 Å². The van der Waals surface area contributed by atoms with E-state index in [4.69, 9.17) is 0 Å². The van der Waals surface area contributed by atoms with Crippen LogP contribution in [0.15, 0.2) is 16.8 Å². The molecule has 23 heavy (non-hydrogen) atoms. The largest absolute Gasteiger partial charge is 0.406 e. The van der Waals surface area contributed by atoms with Gasteiger partial charge >= 0.3 is 6.18 Å². The molecule has 2 amide bonds. The molecule has 3 heterocycles. The van der Waals surface area contributed by atoms with Crippen LogP contribution in [-0.4, -0.2) is 53.5 Å². The van der Waals surface area contributed by atoms with Crippen LogP contribution in [0.1, 0.15) is 30.7 Å². The first kappa shape index (κ1) is 16.4. The summed E-state index contributed by atoms with van der Waals surface area (Å²) in [6.07, 6.45) is -2.98. The number of carbonyl (C=O) groups excluding carboxylic acids is 2. The van der Waals surface area contributed by atoms with Gasteiger partial charge < -0.3 is 0 Å².